The second-order valence-corrected chi connectivity index (χ2v) is 5.10. The Kier molecular flexibility index (Phi) is 3.40. The molecule has 1 N–H and O–H groups in total. The Balaban J connectivity index is 2.00. The van der Waals surface area contributed by atoms with Crippen molar-refractivity contribution in [2.24, 2.45) is 0 Å². The Morgan fingerprint density at radius 2 is 2.26 bits per heavy atom. The highest BCUT2D eigenvalue weighted by atomic mass is 16.5. The van der Waals surface area contributed by atoms with Crippen LogP contribution in [0.4, 0.5) is 0 Å². The zero-order valence-electron chi connectivity index (χ0n) is 11.2. The molecule has 1 aliphatic rings. The first-order chi connectivity index (χ1) is 9.29. The molecule has 100 valence electrons. The lowest BCUT2D eigenvalue weighted by Gasteiger charge is -2.20. The first kappa shape index (κ1) is 12.5. The number of aliphatic hydroxyl groups excluding tert-OH is 1. The number of benzene rings is 1. The molecule has 3 nitrogen and oxygen atoms in total. The average Bonchev–Trinajstić information content (AvgIpc) is 2.85. The molecule has 1 atom stereocenters. The van der Waals surface area contributed by atoms with E-state index in [0.717, 1.165) is 30.5 Å². The Hall–Kier alpha value is -1.58. The summed E-state index contributed by atoms with van der Waals surface area (Å²) in [7, 11) is 1.71. The van der Waals surface area contributed by atoms with Gasteiger partial charge in [-0.25, -0.2) is 0 Å². The van der Waals surface area contributed by atoms with Crippen molar-refractivity contribution < 1.29 is 9.84 Å². The number of ether oxygens (including phenoxy) is 1. The van der Waals surface area contributed by atoms with Crippen molar-refractivity contribution in [2.75, 3.05) is 7.11 Å². The van der Waals surface area contributed by atoms with Gasteiger partial charge < -0.3 is 14.4 Å². The molecule has 1 aromatic carbocycles. The highest BCUT2D eigenvalue weighted by molar-refractivity contribution is 5.41. The second kappa shape index (κ2) is 5.19. The van der Waals surface area contributed by atoms with Gasteiger partial charge in [-0.3, -0.25) is 0 Å². The van der Waals surface area contributed by atoms with Crippen molar-refractivity contribution in [1.82, 2.24) is 4.57 Å². The number of hydrogen-bond acceptors (Lipinski definition) is 2. The van der Waals surface area contributed by atoms with Crippen LogP contribution in [0.2, 0.25) is 0 Å². The predicted octanol–water partition coefficient (Wildman–Crippen LogP) is 2.99. The van der Waals surface area contributed by atoms with Crippen LogP contribution in [0, 0.1) is 0 Å². The number of rotatable bonds is 3. The summed E-state index contributed by atoms with van der Waals surface area (Å²) in [4.78, 5) is 0. The lowest BCUT2D eigenvalue weighted by Crippen LogP contribution is -2.11. The highest BCUT2D eigenvalue weighted by Gasteiger charge is 2.21. The van der Waals surface area contributed by atoms with E-state index in [2.05, 4.69) is 35.0 Å². The Bertz CT molecular complexity index is 574. The summed E-state index contributed by atoms with van der Waals surface area (Å²) in [5.41, 5.74) is 4.64. The van der Waals surface area contributed by atoms with Crippen LogP contribution in [0.1, 0.15) is 35.8 Å². The first-order valence-corrected chi connectivity index (χ1v) is 6.76. The molecule has 1 aromatic heterocycles. The number of methoxy groups -OCH3 is 1. The van der Waals surface area contributed by atoms with Gasteiger partial charge >= 0.3 is 0 Å². The van der Waals surface area contributed by atoms with E-state index >= 15 is 0 Å². The average molecular weight is 257 g/mol. The molecule has 0 saturated heterocycles. The van der Waals surface area contributed by atoms with E-state index in [-0.39, 0.29) is 6.10 Å². The maximum Gasteiger partial charge on any atom is 0.0807 e. The molecular formula is C16H19NO2. The summed E-state index contributed by atoms with van der Waals surface area (Å²) in [6.45, 7) is 0.625. The SMILES string of the molecule is COCc1cccc(-n2ccc3c2CCCC3O)c1. The fraction of sp³-hybridized carbons (Fsp3) is 0.375. The molecule has 1 aliphatic carbocycles. The monoisotopic (exact) mass is 257 g/mol. The summed E-state index contributed by atoms with van der Waals surface area (Å²) < 4.78 is 7.37. The van der Waals surface area contributed by atoms with Crippen LogP contribution in [-0.2, 0) is 17.8 Å². The minimum atomic E-state index is -0.299. The molecule has 0 aliphatic heterocycles. The van der Waals surface area contributed by atoms with Crippen molar-refractivity contribution in [3.63, 3.8) is 0 Å². The summed E-state index contributed by atoms with van der Waals surface area (Å²) in [6.07, 6.45) is 4.72. The molecule has 0 saturated carbocycles. The summed E-state index contributed by atoms with van der Waals surface area (Å²) >= 11 is 0. The minimum absolute atomic E-state index is 0.299. The molecule has 1 heterocycles. The molecule has 1 unspecified atom stereocenters. The zero-order valence-corrected chi connectivity index (χ0v) is 11.2. The topological polar surface area (TPSA) is 34.4 Å². The first-order valence-electron chi connectivity index (χ1n) is 6.76. The molecular weight excluding hydrogens is 238 g/mol. The fourth-order valence-electron chi connectivity index (χ4n) is 2.87. The van der Waals surface area contributed by atoms with E-state index in [0.29, 0.717) is 6.61 Å². The van der Waals surface area contributed by atoms with Gasteiger partial charge in [-0.15, -0.1) is 0 Å². The third-order valence-corrected chi connectivity index (χ3v) is 3.78. The molecule has 0 fully saturated rings. The van der Waals surface area contributed by atoms with E-state index in [4.69, 9.17) is 4.74 Å². The molecule has 3 heteroatoms. The van der Waals surface area contributed by atoms with E-state index in [9.17, 15) is 5.11 Å². The Morgan fingerprint density at radius 3 is 3.11 bits per heavy atom. The van der Waals surface area contributed by atoms with Crippen LogP contribution in [0.25, 0.3) is 5.69 Å². The maximum absolute atomic E-state index is 10.0. The molecule has 3 rings (SSSR count). The van der Waals surface area contributed by atoms with Crippen LogP contribution >= 0.6 is 0 Å². The van der Waals surface area contributed by atoms with Crippen molar-refractivity contribution >= 4 is 0 Å². The number of fused-ring (bicyclic) bond motifs is 1. The zero-order chi connectivity index (χ0) is 13.2. The second-order valence-electron chi connectivity index (χ2n) is 5.10. The lowest BCUT2D eigenvalue weighted by atomic mass is 9.95. The van der Waals surface area contributed by atoms with Gasteiger partial charge in [-0.2, -0.15) is 0 Å². The molecule has 0 radical (unpaired) electrons. The van der Waals surface area contributed by atoms with Crippen molar-refractivity contribution in [2.45, 2.75) is 32.0 Å². The third-order valence-electron chi connectivity index (χ3n) is 3.78. The largest absolute Gasteiger partial charge is 0.388 e. The molecule has 0 spiro atoms. The van der Waals surface area contributed by atoms with E-state index in [1.54, 1.807) is 7.11 Å². The van der Waals surface area contributed by atoms with Gasteiger partial charge in [0.05, 0.1) is 12.7 Å². The van der Waals surface area contributed by atoms with Gasteiger partial charge in [0, 0.05) is 30.3 Å². The van der Waals surface area contributed by atoms with Crippen LogP contribution < -0.4 is 0 Å². The van der Waals surface area contributed by atoms with Gasteiger partial charge in [0.1, 0.15) is 0 Å². The van der Waals surface area contributed by atoms with Crippen LogP contribution in [0.15, 0.2) is 36.5 Å². The van der Waals surface area contributed by atoms with Gasteiger partial charge in [-0.05, 0) is 43.0 Å². The normalized spacial score (nSPS) is 18.3. The summed E-state index contributed by atoms with van der Waals surface area (Å²) in [5, 5.41) is 10.0. The number of hydrogen-bond donors (Lipinski definition) is 1. The van der Waals surface area contributed by atoms with Crippen LogP contribution in [-0.4, -0.2) is 16.8 Å². The third kappa shape index (κ3) is 2.31. The number of nitrogens with zero attached hydrogens (tertiary/aromatic N) is 1. The lowest BCUT2D eigenvalue weighted by molar-refractivity contribution is 0.156. The van der Waals surface area contributed by atoms with Gasteiger partial charge in [-0.1, -0.05) is 12.1 Å². The molecule has 0 bridgehead atoms. The van der Waals surface area contributed by atoms with E-state index in [1.807, 2.05) is 6.07 Å². The Labute approximate surface area is 113 Å². The maximum atomic E-state index is 10.0. The molecule has 2 aromatic rings. The van der Waals surface area contributed by atoms with Crippen LogP contribution in [0.5, 0.6) is 0 Å². The van der Waals surface area contributed by atoms with Crippen molar-refractivity contribution in [1.29, 1.82) is 0 Å². The van der Waals surface area contributed by atoms with E-state index < -0.39 is 0 Å². The Morgan fingerprint density at radius 1 is 1.37 bits per heavy atom. The standard InChI is InChI=1S/C16H19NO2/c1-19-11-12-4-2-5-13(10-12)17-9-8-14-15(17)6-3-7-16(14)18/h2,4-5,8-10,16,18H,3,6-7,11H2,1H3. The fourth-order valence-corrected chi connectivity index (χ4v) is 2.87. The van der Waals surface area contributed by atoms with Crippen LogP contribution in [0.3, 0.4) is 0 Å². The van der Waals surface area contributed by atoms with Gasteiger partial charge in [0.25, 0.3) is 0 Å². The predicted molar refractivity (Wildman–Crippen MR) is 74.4 cm³/mol. The summed E-state index contributed by atoms with van der Waals surface area (Å²) in [5.74, 6) is 0. The quantitative estimate of drug-likeness (QED) is 0.917. The van der Waals surface area contributed by atoms with E-state index in [1.165, 1.54) is 11.3 Å². The highest BCUT2D eigenvalue weighted by Crippen LogP contribution is 2.32. The minimum Gasteiger partial charge on any atom is -0.388 e. The van der Waals surface area contributed by atoms with Gasteiger partial charge in [0.15, 0.2) is 0 Å². The smallest absolute Gasteiger partial charge is 0.0807 e. The van der Waals surface area contributed by atoms with Crippen molar-refractivity contribution in [3.8, 4) is 5.69 Å². The van der Waals surface area contributed by atoms with Gasteiger partial charge in [0.2, 0.25) is 0 Å². The molecule has 0 amide bonds. The summed E-state index contributed by atoms with van der Waals surface area (Å²) in [6, 6.07) is 10.4. The molecule has 19 heavy (non-hydrogen) atoms. The van der Waals surface area contributed by atoms with Crippen molar-refractivity contribution in [3.05, 3.63) is 53.3 Å². The number of aromatic nitrogens is 1. The number of aliphatic hydroxyl groups is 1.